The van der Waals surface area contributed by atoms with Gasteiger partial charge in [-0.1, -0.05) is 42.5 Å². The molecular formula is C18H19N3O2. The molecule has 1 atom stereocenters. The Kier molecular flexibility index (Phi) is 6.16. The van der Waals surface area contributed by atoms with Crippen molar-refractivity contribution in [2.45, 2.75) is 19.0 Å². The lowest BCUT2D eigenvalue weighted by molar-refractivity contribution is 0.215. The van der Waals surface area contributed by atoms with E-state index in [1.54, 1.807) is 18.2 Å². The van der Waals surface area contributed by atoms with E-state index in [0.29, 0.717) is 18.5 Å². The third-order valence-corrected chi connectivity index (χ3v) is 3.39. The molecule has 0 saturated carbocycles. The molecular weight excluding hydrogens is 290 g/mol. The van der Waals surface area contributed by atoms with E-state index >= 15 is 0 Å². The number of aliphatic hydroxyl groups is 1. The molecule has 0 aromatic heterocycles. The van der Waals surface area contributed by atoms with Crippen LogP contribution >= 0.6 is 0 Å². The predicted octanol–water partition coefficient (Wildman–Crippen LogP) is 1.96. The zero-order chi connectivity index (χ0) is 16.5. The highest BCUT2D eigenvalue weighted by atomic mass is 16.3. The second-order valence-electron chi connectivity index (χ2n) is 5.21. The van der Waals surface area contributed by atoms with Crippen LogP contribution in [0.2, 0.25) is 0 Å². The molecule has 2 aromatic carbocycles. The molecule has 23 heavy (non-hydrogen) atoms. The van der Waals surface area contributed by atoms with Crippen LogP contribution in [0.15, 0.2) is 54.6 Å². The third kappa shape index (κ3) is 5.46. The Hall–Kier alpha value is -2.84. The highest BCUT2D eigenvalue weighted by molar-refractivity contribution is 5.74. The van der Waals surface area contributed by atoms with E-state index in [1.807, 2.05) is 36.4 Å². The van der Waals surface area contributed by atoms with E-state index in [2.05, 4.69) is 16.7 Å². The zero-order valence-electron chi connectivity index (χ0n) is 12.7. The van der Waals surface area contributed by atoms with E-state index in [1.165, 1.54) is 0 Å². The molecule has 0 aliphatic carbocycles. The van der Waals surface area contributed by atoms with Crippen LogP contribution in [0.4, 0.5) is 4.79 Å². The highest BCUT2D eigenvalue weighted by Crippen LogP contribution is 2.04. The summed E-state index contributed by atoms with van der Waals surface area (Å²) in [5.41, 5.74) is 2.46. The minimum Gasteiger partial charge on any atom is -0.394 e. The first-order chi connectivity index (χ1) is 11.2. The summed E-state index contributed by atoms with van der Waals surface area (Å²) in [6.45, 7) is 0.192. The average molecular weight is 309 g/mol. The quantitative estimate of drug-likeness (QED) is 0.762. The van der Waals surface area contributed by atoms with Gasteiger partial charge in [-0.25, -0.2) is 4.79 Å². The van der Waals surface area contributed by atoms with Crippen molar-refractivity contribution in [3.05, 3.63) is 71.3 Å². The van der Waals surface area contributed by atoms with Gasteiger partial charge in [0.1, 0.15) is 0 Å². The monoisotopic (exact) mass is 309 g/mol. The van der Waals surface area contributed by atoms with Gasteiger partial charge in [-0.15, -0.1) is 0 Å². The maximum absolute atomic E-state index is 11.9. The molecule has 2 rings (SSSR count). The zero-order valence-corrected chi connectivity index (χ0v) is 12.7. The van der Waals surface area contributed by atoms with Crippen LogP contribution in [-0.2, 0) is 13.0 Å². The topological polar surface area (TPSA) is 85.2 Å². The first-order valence-corrected chi connectivity index (χ1v) is 7.39. The summed E-state index contributed by atoms with van der Waals surface area (Å²) in [5.74, 6) is 0. The summed E-state index contributed by atoms with van der Waals surface area (Å²) in [6.07, 6.45) is 0.564. The van der Waals surface area contributed by atoms with Gasteiger partial charge in [-0.2, -0.15) is 5.26 Å². The van der Waals surface area contributed by atoms with Crippen LogP contribution in [-0.4, -0.2) is 23.8 Å². The van der Waals surface area contributed by atoms with E-state index in [-0.39, 0.29) is 18.7 Å². The van der Waals surface area contributed by atoms with E-state index < -0.39 is 0 Å². The number of carbonyl (C=O) groups excluding carboxylic acids is 1. The third-order valence-electron chi connectivity index (χ3n) is 3.39. The van der Waals surface area contributed by atoms with Crippen molar-refractivity contribution >= 4 is 6.03 Å². The maximum Gasteiger partial charge on any atom is 0.315 e. The Morgan fingerprint density at radius 1 is 1.13 bits per heavy atom. The summed E-state index contributed by atoms with van der Waals surface area (Å²) in [4.78, 5) is 11.9. The SMILES string of the molecule is N#Cc1cccc(CNC(=O)N[C@H](CO)Cc2ccccc2)c1. The van der Waals surface area contributed by atoms with Crippen LogP contribution < -0.4 is 10.6 Å². The number of amides is 2. The molecule has 5 heteroatoms. The fraction of sp³-hybridized carbons (Fsp3) is 0.222. The number of nitrogens with one attached hydrogen (secondary N) is 2. The second kappa shape index (κ2) is 8.57. The molecule has 0 aliphatic heterocycles. The Balaban J connectivity index is 1.84. The van der Waals surface area contributed by atoms with Gasteiger partial charge in [0, 0.05) is 6.54 Å². The Labute approximate surface area is 135 Å². The summed E-state index contributed by atoms with van der Waals surface area (Å²) in [7, 11) is 0. The average Bonchev–Trinajstić information content (AvgIpc) is 2.60. The Bertz CT molecular complexity index is 680. The number of benzene rings is 2. The van der Waals surface area contributed by atoms with Crippen LogP contribution in [0.1, 0.15) is 16.7 Å². The summed E-state index contributed by atoms with van der Waals surface area (Å²) in [5, 5.41) is 23.7. The van der Waals surface area contributed by atoms with Crippen LogP contribution in [0.25, 0.3) is 0 Å². The van der Waals surface area contributed by atoms with Gasteiger partial charge in [0.25, 0.3) is 0 Å². The van der Waals surface area contributed by atoms with Gasteiger partial charge in [-0.05, 0) is 29.7 Å². The van der Waals surface area contributed by atoms with Crippen molar-refractivity contribution in [3.8, 4) is 6.07 Å². The Morgan fingerprint density at radius 2 is 1.87 bits per heavy atom. The number of hydrogen-bond donors (Lipinski definition) is 3. The predicted molar refractivity (Wildman–Crippen MR) is 87.5 cm³/mol. The number of nitrogens with zero attached hydrogens (tertiary/aromatic N) is 1. The molecule has 0 bridgehead atoms. The first kappa shape index (κ1) is 16.5. The smallest absolute Gasteiger partial charge is 0.315 e. The van der Waals surface area contributed by atoms with Gasteiger partial charge in [0.2, 0.25) is 0 Å². The molecule has 2 amide bonds. The number of hydrogen-bond acceptors (Lipinski definition) is 3. The Morgan fingerprint density at radius 3 is 2.57 bits per heavy atom. The number of urea groups is 1. The van der Waals surface area contributed by atoms with Crippen molar-refractivity contribution in [3.63, 3.8) is 0 Å². The van der Waals surface area contributed by atoms with Gasteiger partial charge in [0.15, 0.2) is 0 Å². The first-order valence-electron chi connectivity index (χ1n) is 7.39. The number of nitriles is 1. The van der Waals surface area contributed by atoms with Crippen molar-refractivity contribution in [2.24, 2.45) is 0 Å². The lowest BCUT2D eigenvalue weighted by Gasteiger charge is -2.17. The van der Waals surface area contributed by atoms with Crippen molar-refractivity contribution in [2.75, 3.05) is 6.61 Å². The van der Waals surface area contributed by atoms with Gasteiger partial charge < -0.3 is 15.7 Å². The molecule has 0 unspecified atom stereocenters. The largest absolute Gasteiger partial charge is 0.394 e. The lowest BCUT2D eigenvalue weighted by Crippen LogP contribution is -2.44. The van der Waals surface area contributed by atoms with E-state index in [0.717, 1.165) is 11.1 Å². The molecule has 118 valence electrons. The lowest BCUT2D eigenvalue weighted by atomic mass is 10.1. The fourth-order valence-corrected chi connectivity index (χ4v) is 2.23. The van der Waals surface area contributed by atoms with Crippen molar-refractivity contribution < 1.29 is 9.90 Å². The van der Waals surface area contributed by atoms with Gasteiger partial charge in [0.05, 0.1) is 24.3 Å². The second-order valence-corrected chi connectivity index (χ2v) is 5.21. The molecule has 0 saturated heterocycles. The normalized spacial score (nSPS) is 11.3. The van der Waals surface area contributed by atoms with E-state index in [9.17, 15) is 9.90 Å². The number of aliphatic hydroxyl groups excluding tert-OH is 1. The molecule has 0 aliphatic rings. The summed E-state index contributed by atoms with van der Waals surface area (Å²) < 4.78 is 0. The number of carbonyl (C=O) groups is 1. The molecule has 0 spiro atoms. The van der Waals surface area contributed by atoms with Crippen molar-refractivity contribution in [1.29, 1.82) is 5.26 Å². The summed E-state index contributed by atoms with van der Waals surface area (Å²) in [6, 6.07) is 18.1. The molecule has 0 heterocycles. The van der Waals surface area contributed by atoms with Crippen LogP contribution in [0.3, 0.4) is 0 Å². The molecule has 0 radical (unpaired) electrons. The maximum atomic E-state index is 11.9. The van der Waals surface area contributed by atoms with Crippen molar-refractivity contribution in [1.82, 2.24) is 10.6 Å². The van der Waals surface area contributed by atoms with Crippen LogP contribution in [0, 0.1) is 11.3 Å². The minimum atomic E-state index is -0.345. The summed E-state index contributed by atoms with van der Waals surface area (Å²) >= 11 is 0. The minimum absolute atomic E-state index is 0.133. The molecule has 0 fully saturated rings. The highest BCUT2D eigenvalue weighted by Gasteiger charge is 2.11. The molecule has 3 N–H and O–H groups in total. The fourth-order valence-electron chi connectivity index (χ4n) is 2.23. The molecule has 5 nitrogen and oxygen atoms in total. The number of rotatable bonds is 6. The van der Waals surface area contributed by atoms with Gasteiger partial charge in [-0.3, -0.25) is 0 Å². The van der Waals surface area contributed by atoms with Gasteiger partial charge >= 0.3 is 6.03 Å². The molecule has 2 aromatic rings. The van der Waals surface area contributed by atoms with Crippen LogP contribution in [0.5, 0.6) is 0 Å². The van der Waals surface area contributed by atoms with E-state index in [4.69, 9.17) is 5.26 Å². The standard InChI is InChI=1S/C18H19N3O2/c19-11-15-7-4-8-16(9-15)12-20-18(23)21-17(13-22)10-14-5-2-1-3-6-14/h1-9,17,22H,10,12-13H2,(H2,20,21,23)/t17-/m0/s1.